The molecule has 0 aliphatic carbocycles. The number of rotatable bonds is 3. The Balaban J connectivity index is 2.94. The number of aliphatic carboxylic acids is 1. The highest BCUT2D eigenvalue weighted by Crippen LogP contribution is 2.15. The lowest BCUT2D eigenvalue weighted by Crippen LogP contribution is -2.06. The first kappa shape index (κ1) is 10.3. The number of hydrazine groups is 1. The highest BCUT2D eigenvalue weighted by Gasteiger charge is 1.96. The number of anilines is 1. The molecule has 74 valence electrons. The van der Waals surface area contributed by atoms with E-state index >= 15 is 0 Å². The number of hydrogen-bond donors (Lipinski definition) is 3. The predicted octanol–water partition coefficient (Wildman–Crippen LogP) is 1.38. The third kappa shape index (κ3) is 2.60. The van der Waals surface area contributed by atoms with E-state index in [1.54, 1.807) is 12.1 Å². The smallest absolute Gasteiger partial charge is 0.328 e. The fourth-order valence-electron chi connectivity index (χ4n) is 1.11. The van der Waals surface area contributed by atoms with E-state index in [4.69, 9.17) is 10.9 Å². The summed E-state index contributed by atoms with van der Waals surface area (Å²) >= 11 is 0. The number of aryl methyl sites for hydroxylation is 1. The maximum atomic E-state index is 10.3. The minimum Gasteiger partial charge on any atom is -0.478 e. The van der Waals surface area contributed by atoms with Crippen molar-refractivity contribution in [3.63, 3.8) is 0 Å². The number of nitrogen functional groups attached to an aromatic ring is 1. The zero-order chi connectivity index (χ0) is 10.6. The summed E-state index contributed by atoms with van der Waals surface area (Å²) in [5.74, 6) is 4.28. The molecule has 0 amide bonds. The first-order valence-corrected chi connectivity index (χ1v) is 4.12. The SMILES string of the molecule is Cc1cc(NN)ccc1/C=C/C(=O)O. The van der Waals surface area contributed by atoms with Crippen LogP contribution in [0.3, 0.4) is 0 Å². The average Bonchev–Trinajstić information content (AvgIpc) is 2.15. The monoisotopic (exact) mass is 192 g/mol. The van der Waals surface area contributed by atoms with Crippen LogP contribution in [0.15, 0.2) is 24.3 Å². The zero-order valence-electron chi connectivity index (χ0n) is 7.82. The van der Waals surface area contributed by atoms with Gasteiger partial charge in [0.2, 0.25) is 0 Å². The molecule has 1 aromatic carbocycles. The van der Waals surface area contributed by atoms with Gasteiger partial charge in [0, 0.05) is 11.8 Å². The summed E-state index contributed by atoms with van der Waals surface area (Å²) in [7, 11) is 0. The normalized spacial score (nSPS) is 10.4. The van der Waals surface area contributed by atoms with Crippen LogP contribution in [0, 0.1) is 6.92 Å². The number of carboxylic acids is 1. The molecular formula is C10H12N2O2. The van der Waals surface area contributed by atoms with E-state index in [0.717, 1.165) is 22.9 Å². The molecule has 0 atom stereocenters. The minimum absolute atomic E-state index is 0.801. The largest absolute Gasteiger partial charge is 0.478 e. The number of carboxylic acid groups (broad SMARTS) is 1. The summed E-state index contributed by atoms with van der Waals surface area (Å²) in [6.07, 6.45) is 2.66. The van der Waals surface area contributed by atoms with Gasteiger partial charge in [-0.15, -0.1) is 0 Å². The molecule has 0 bridgehead atoms. The lowest BCUT2D eigenvalue weighted by molar-refractivity contribution is -0.131. The van der Waals surface area contributed by atoms with Crippen LogP contribution in [-0.2, 0) is 4.79 Å². The average molecular weight is 192 g/mol. The summed E-state index contributed by atoms with van der Waals surface area (Å²) in [5, 5.41) is 8.45. The maximum Gasteiger partial charge on any atom is 0.328 e. The van der Waals surface area contributed by atoms with Crippen LogP contribution < -0.4 is 11.3 Å². The van der Waals surface area contributed by atoms with Gasteiger partial charge in [0.15, 0.2) is 0 Å². The topological polar surface area (TPSA) is 75.3 Å². The second-order valence-electron chi connectivity index (χ2n) is 2.89. The summed E-state index contributed by atoms with van der Waals surface area (Å²) in [6, 6.07) is 5.44. The maximum absolute atomic E-state index is 10.3. The van der Waals surface area contributed by atoms with Crippen LogP contribution in [0.4, 0.5) is 5.69 Å². The van der Waals surface area contributed by atoms with Crippen LogP contribution >= 0.6 is 0 Å². The van der Waals surface area contributed by atoms with Crippen molar-refractivity contribution in [3.8, 4) is 0 Å². The van der Waals surface area contributed by atoms with Crippen molar-refractivity contribution in [2.24, 2.45) is 5.84 Å². The van der Waals surface area contributed by atoms with E-state index in [1.165, 1.54) is 0 Å². The molecule has 0 radical (unpaired) electrons. The molecule has 4 heteroatoms. The van der Waals surface area contributed by atoms with Crippen LogP contribution in [0.1, 0.15) is 11.1 Å². The Bertz CT molecular complexity index is 372. The first-order chi connectivity index (χ1) is 6.63. The van der Waals surface area contributed by atoms with Crippen molar-refractivity contribution in [3.05, 3.63) is 35.4 Å². The van der Waals surface area contributed by atoms with Crippen LogP contribution in [0.5, 0.6) is 0 Å². The van der Waals surface area contributed by atoms with Crippen molar-refractivity contribution in [2.45, 2.75) is 6.92 Å². The molecule has 0 heterocycles. The van der Waals surface area contributed by atoms with Gasteiger partial charge in [-0.2, -0.15) is 0 Å². The quantitative estimate of drug-likeness (QED) is 0.384. The van der Waals surface area contributed by atoms with Crippen LogP contribution in [0.2, 0.25) is 0 Å². The fraction of sp³-hybridized carbons (Fsp3) is 0.100. The summed E-state index contributed by atoms with van der Waals surface area (Å²) in [5.41, 5.74) is 5.16. The van der Waals surface area contributed by atoms with E-state index in [-0.39, 0.29) is 0 Å². The van der Waals surface area contributed by atoms with Gasteiger partial charge in [-0.25, -0.2) is 4.79 Å². The molecule has 14 heavy (non-hydrogen) atoms. The number of hydrogen-bond acceptors (Lipinski definition) is 3. The van der Waals surface area contributed by atoms with Gasteiger partial charge >= 0.3 is 5.97 Å². The van der Waals surface area contributed by atoms with E-state index in [1.807, 2.05) is 19.1 Å². The summed E-state index contributed by atoms with van der Waals surface area (Å²) < 4.78 is 0. The predicted molar refractivity (Wildman–Crippen MR) is 55.7 cm³/mol. The second-order valence-corrected chi connectivity index (χ2v) is 2.89. The minimum atomic E-state index is -0.953. The van der Waals surface area contributed by atoms with Gasteiger partial charge in [-0.3, -0.25) is 5.84 Å². The molecule has 4 N–H and O–H groups in total. The lowest BCUT2D eigenvalue weighted by atomic mass is 10.1. The van der Waals surface area contributed by atoms with Gasteiger partial charge in [-0.1, -0.05) is 6.07 Å². The Hall–Kier alpha value is -1.81. The molecular weight excluding hydrogens is 180 g/mol. The van der Waals surface area contributed by atoms with Crippen molar-refractivity contribution < 1.29 is 9.90 Å². The van der Waals surface area contributed by atoms with E-state index in [2.05, 4.69) is 5.43 Å². The van der Waals surface area contributed by atoms with Gasteiger partial charge in [-0.05, 0) is 36.3 Å². The molecule has 0 spiro atoms. The Labute approximate surface area is 82.0 Å². The number of benzene rings is 1. The highest BCUT2D eigenvalue weighted by molar-refractivity contribution is 5.85. The molecule has 0 aliphatic rings. The summed E-state index contributed by atoms with van der Waals surface area (Å²) in [4.78, 5) is 10.3. The molecule has 1 aromatic rings. The van der Waals surface area contributed by atoms with Crippen molar-refractivity contribution in [2.75, 3.05) is 5.43 Å². The van der Waals surface area contributed by atoms with Gasteiger partial charge in [0.05, 0.1) is 0 Å². The Morgan fingerprint density at radius 1 is 1.57 bits per heavy atom. The molecule has 0 saturated heterocycles. The molecule has 1 rings (SSSR count). The standard InChI is InChI=1S/C10H12N2O2/c1-7-6-9(12-11)4-2-8(7)3-5-10(13)14/h2-6,12H,11H2,1H3,(H,13,14)/b5-3+. The Kier molecular flexibility index (Phi) is 3.25. The van der Waals surface area contributed by atoms with E-state index in [9.17, 15) is 4.79 Å². The molecule has 4 nitrogen and oxygen atoms in total. The number of carbonyl (C=O) groups is 1. The Morgan fingerprint density at radius 3 is 2.79 bits per heavy atom. The molecule has 0 saturated carbocycles. The van der Waals surface area contributed by atoms with Crippen molar-refractivity contribution in [1.82, 2.24) is 0 Å². The van der Waals surface area contributed by atoms with Crippen molar-refractivity contribution >= 4 is 17.7 Å². The number of nitrogens with one attached hydrogen (secondary N) is 1. The van der Waals surface area contributed by atoms with Gasteiger partial charge in [0.1, 0.15) is 0 Å². The fourth-order valence-corrected chi connectivity index (χ4v) is 1.11. The van der Waals surface area contributed by atoms with Gasteiger partial charge in [0.25, 0.3) is 0 Å². The van der Waals surface area contributed by atoms with Crippen LogP contribution in [0.25, 0.3) is 6.08 Å². The third-order valence-electron chi connectivity index (χ3n) is 1.84. The molecule has 0 aromatic heterocycles. The zero-order valence-corrected chi connectivity index (χ0v) is 7.82. The number of nitrogens with two attached hydrogens (primary N) is 1. The third-order valence-corrected chi connectivity index (χ3v) is 1.84. The van der Waals surface area contributed by atoms with Crippen LogP contribution in [-0.4, -0.2) is 11.1 Å². The van der Waals surface area contributed by atoms with E-state index in [0.29, 0.717) is 0 Å². The van der Waals surface area contributed by atoms with E-state index < -0.39 is 5.97 Å². The first-order valence-electron chi connectivity index (χ1n) is 4.12. The molecule has 0 fully saturated rings. The second kappa shape index (κ2) is 4.43. The highest BCUT2D eigenvalue weighted by atomic mass is 16.4. The van der Waals surface area contributed by atoms with Crippen molar-refractivity contribution in [1.29, 1.82) is 0 Å². The molecule has 0 aliphatic heterocycles. The Morgan fingerprint density at radius 2 is 2.29 bits per heavy atom. The van der Waals surface area contributed by atoms with Gasteiger partial charge < -0.3 is 10.5 Å². The lowest BCUT2D eigenvalue weighted by Gasteiger charge is -2.03. The summed E-state index contributed by atoms with van der Waals surface area (Å²) in [6.45, 7) is 1.89. The molecule has 0 unspecified atom stereocenters.